The fourth-order valence-electron chi connectivity index (χ4n) is 1.89. The molecular formula is C11H15ClN4O. The van der Waals surface area contributed by atoms with Gasteiger partial charge in [0.2, 0.25) is 0 Å². The van der Waals surface area contributed by atoms with Gasteiger partial charge in [0.05, 0.1) is 5.56 Å². The van der Waals surface area contributed by atoms with Crippen LogP contribution in [-0.2, 0) is 0 Å². The Morgan fingerprint density at radius 2 is 1.88 bits per heavy atom. The molecule has 0 aliphatic carbocycles. The molecule has 1 aliphatic heterocycles. The number of hydrogen-bond acceptors (Lipinski definition) is 4. The summed E-state index contributed by atoms with van der Waals surface area (Å²) in [5.41, 5.74) is 0.554. The molecule has 0 N–H and O–H groups in total. The van der Waals surface area contributed by atoms with Gasteiger partial charge in [-0.25, -0.2) is 9.97 Å². The number of piperazine rings is 1. The summed E-state index contributed by atoms with van der Waals surface area (Å²) in [7, 11) is 0. The smallest absolute Gasteiger partial charge is 0.257 e. The monoisotopic (exact) mass is 254 g/mol. The van der Waals surface area contributed by atoms with Gasteiger partial charge in [0.25, 0.3) is 5.91 Å². The minimum Gasteiger partial charge on any atom is -0.336 e. The normalized spacial score (nSPS) is 17.1. The molecule has 0 aromatic carbocycles. The van der Waals surface area contributed by atoms with Crippen molar-refractivity contribution in [2.24, 2.45) is 0 Å². The average Bonchev–Trinajstić information content (AvgIpc) is 2.40. The van der Waals surface area contributed by atoms with E-state index in [1.807, 2.05) is 4.90 Å². The first-order valence-electron chi connectivity index (χ1n) is 5.64. The molecule has 5 nitrogen and oxygen atoms in total. The second-order valence-corrected chi connectivity index (χ2v) is 4.33. The van der Waals surface area contributed by atoms with Gasteiger partial charge in [-0.15, -0.1) is 11.6 Å². The fraction of sp³-hybridized carbons (Fsp3) is 0.545. The van der Waals surface area contributed by atoms with Crippen LogP contribution in [0.25, 0.3) is 0 Å². The summed E-state index contributed by atoms with van der Waals surface area (Å²) in [6, 6.07) is 0. The average molecular weight is 255 g/mol. The topological polar surface area (TPSA) is 49.3 Å². The van der Waals surface area contributed by atoms with Crippen molar-refractivity contribution in [3.63, 3.8) is 0 Å². The zero-order valence-corrected chi connectivity index (χ0v) is 10.3. The standard InChI is InChI=1S/C11H15ClN4O/c12-1-2-15-3-5-16(6-4-15)11(17)10-7-13-9-14-8-10/h7-9H,1-6H2. The van der Waals surface area contributed by atoms with E-state index < -0.39 is 0 Å². The molecule has 1 fully saturated rings. The second-order valence-electron chi connectivity index (χ2n) is 3.95. The van der Waals surface area contributed by atoms with E-state index in [1.54, 1.807) is 12.4 Å². The molecule has 92 valence electrons. The lowest BCUT2D eigenvalue weighted by atomic mass is 10.2. The van der Waals surface area contributed by atoms with Crippen LogP contribution in [0.3, 0.4) is 0 Å². The largest absolute Gasteiger partial charge is 0.336 e. The van der Waals surface area contributed by atoms with Crippen molar-refractivity contribution in [3.05, 3.63) is 24.3 Å². The van der Waals surface area contributed by atoms with Gasteiger partial charge in [-0.05, 0) is 0 Å². The van der Waals surface area contributed by atoms with Crippen molar-refractivity contribution in [3.8, 4) is 0 Å². The van der Waals surface area contributed by atoms with E-state index in [-0.39, 0.29) is 5.91 Å². The van der Waals surface area contributed by atoms with E-state index in [1.165, 1.54) is 6.33 Å². The summed E-state index contributed by atoms with van der Waals surface area (Å²) in [5, 5.41) is 0. The summed E-state index contributed by atoms with van der Waals surface area (Å²) in [6.45, 7) is 4.13. The molecule has 0 bridgehead atoms. The predicted molar refractivity (Wildman–Crippen MR) is 65.1 cm³/mol. The highest BCUT2D eigenvalue weighted by Gasteiger charge is 2.21. The minimum absolute atomic E-state index is 0.0103. The lowest BCUT2D eigenvalue weighted by molar-refractivity contribution is 0.0643. The van der Waals surface area contributed by atoms with E-state index >= 15 is 0 Å². The molecule has 0 saturated carbocycles. The second kappa shape index (κ2) is 5.93. The molecule has 6 heteroatoms. The van der Waals surface area contributed by atoms with Gasteiger partial charge < -0.3 is 4.90 Å². The van der Waals surface area contributed by atoms with Crippen molar-refractivity contribution in [1.29, 1.82) is 0 Å². The minimum atomic E-state index is 0.0103. The highest BCUT2D eigenvalue weighted by atomic mass is 35.5. The summed E-state index contributed by atoms with van der Waals surface area (Å²) in [6.07, 6.45) is 4.54. The van der Waals surface area contributed by atoms with Gasteiger partial charge in [-0.3, -0.25) is 9.69 Å². The van der Waals surface area contributed by atoms with Crippen molar-refractivity contribution >= 4 is 17.5 Å². The van der Waals surface area contributed by atoms with Crippen LogP contribution < -0.4 is 0 Å². The van der Waals surface area contributed by atoms with Crippen molar-refractivity contribution in [2.45, 2.75) is 0 Å². The Bertz CT molecular complexity index is 365. The third-order valence-corrected chi connectivity index (χ3v) is 3.04. The Balaban J connectivity index is 1.91. The number of rotatable bonds is 3. The van der Waals surface area contributed by atoms with E-state index in [2.05, 4.69) is 14.9 Å². The van der Waals surface area contributed by atoms with Gasteiger partial charge in [-0.2, -0.15) is 0 Å². The molecule has 2 heterocycles. The molecular weight excluding hydrogens is 240 g/mol. The first kappa shape index (κ1) is 12.3. The quantitative estimate of drug-likeness (QED) is 0.736. The zero-order valence-electron chi connectivity index (χ0n) is 9.55. The first-order chi connectivity index (χ1) is 8.31. The van der Waals surface area contributed by atoms with Gasteiger partial charge in [0, 0.05) is 51.0 Å². The van der Waals surface area contributed by atoms with Crippen LogP contribution in [0.1, 0.15) is 10.4 Å². The van der Waals surface area contributed by atoms with Gasteiger partial charge in [-0.1, -0.05) is 0 Å². The molecule has 1 aromatic rings. The van der Waals surface area contributed by atoms with Crippen LogP contribution in [0.2, 0.25) is 0 Å². The third-order valence-electron chi connectivity index (χ3n) is 2.87. The lowest BCUT2D eigenvalue weighted by Crippen LogP contribution is -2.49. The number of aromatic nitrogens is 2. The maximum atomic E-state index is 12.1. The maximum absolute atomic E-state index is 12.1. The highest BCUT2D eigenvalue weighted by molar-refractivity contribution is 6.18. The molecule has 2 rings (SSSR count). The summed E-state index contributed by atoms with van der Waals surface area (Å²) >= 11 is 5.69. The molecule has 0 atom stereocenters. The summed E-state index contributed by atoms with van der Waals surface area (Å²) in [5.74, 6) is 0.650. The lowest BCUT2D eigenvalue weighted by Gasteiger charge is -2.34. The number of halogens is 1. The predicted octanol–water partition coefficient (Wildman–Crippen LogP) is 0.473. The van der Waals surface area contributed by atoms with Crippen molar-refractivity contribution in [1.82, 2.24) is 19.8 Å². The molecule has 0 spiro atoms. The third kappa shape index (κ3) is 3.14. The highest BCUT2D eigenvalue weighted by Crippen LogP contribution is 2.07. The van der Waals surface area contributed by atoms with Crippen LogP contribution >= 0.6 is 11.6 Å². The van der Waals surface area contributed by atoms with Gasteiger partial charge >= 0.3 is 0 Å². The Morgan fingerprint density at radius 3 is 2.47 bits per heavy atom. The van der Waals surface area contributed by atoms with E-state index in [4.69, 9.17) is 11.6 Å². The van der Waals surface area contributed by atoms with Crippen LogP contribution in [0.5, 0.6) is 0 Å². The van der Waals surface area contributed by atoms with Crippen LogP contribution in [0.4, 0.5) is 0 Å². The zero-order chi connectivity index (χ0) is 12.1. The number of carbonyl (C=O) groups excluding carboxylic acids is 1. The van der Waals surface area contributed by atoms with Crippen LogP contribution in [0.15, 0.2) is 18.7 Å². The number of amides is 1. The number of nitrogens with zero attached hydrogens (tertiary/aromatic N) is 4. The van der Waals surface area contributed by atoms with E-state index in [0.717, 1.165) is 32.7 Å². The number of carbonyl (C=O) groups is 1. The summed E-state index contributed by atoms with van der Waals surface area (Å²) < 4.78 is 0. The molecule has 1 aromatic heterocycles. The molecule has 1 amide bonds. The SMILES string of the molecule is O=C(c1cncnc1)N1CCN(CCCl)CC1. The van der Waals surface area contributed by atoms with E-state index in [9.17, 15) is 4.79 Å². The molecule has 17 heavy (non-hydrogen) atoms. The molecule has 0 unspecified atom stereocenters. The van der Waals surface area contributed by atoms with E-state index in [0.29, 0.717) is 11.4 Å². The van der Waals surface area contributed by atoms with Crippen molar-refractivity contribution in [2.75, 3.05) is 38.6 Å². The molecule has 1 aliphatic rings. The van der Waals surface area contributed by atoms with Gasteiger partial charge in [0.1, 0.15) is 6.33 Å². The fourth-order valence-corrected chi connectivity index (χ4v) is 2.13. The molecule has 1 saturated heterocycles. The summed E-state index contributed by atoms with van der Waals surface area (Å²) in [4.78, 5) is 23.9. The Labute approximate surface area is 105 Å². The molecule has 0 radical (unpaired) electrons. The Hall–Kier alpha value is -1.20. The number of alkyl halides is 1. The van der Waals surface area contributed by atoms with Crippen LogP contribution in [0, 0.1) is 0 Å². The Morgan fingerprint density at radius 1 is 1.24 bits per heavy atom. The number of hydrogen-bond donors (Lipinski definition) is 0. The van der Waals surface area contributed by atoms with Crippen molar-refractivity contribution < 1.29 is 4.79 Å². The van der Waals surface area contributed by atoms with Crippen LogP contribution in [-0.4, -0.2) is 64.3 Å². The Kier molecular flexibility index (Phi) is 4.28. The maximum Gasteiger partial charge on any atom is 0.257 e. The first-order valence-corrected chi connectivity index (χ1v) is 6.17. The van der Waals surface area contributed by atoms with Gasteiger partial charge in [0.15, 0.2) is 0 Å².